The first kappa shape index (κ1) is 5.41. The number of rotatable bonds is 0. The summed E-state index contributed by atoms with van der Waals surface area (Å²) in [6, 6.07) is 0. The van der Waals surface area contributed by atoms with Crippen LogP contribution in [0.4, 0.5) is 0 Å². The monoisotopic (exact) mass is 134 g/mol. The lowest BCUT2D eigenvalue weighted by atomic mass is 10.3. The zero-order valence-electron chi connectivity index (χ0n) is 5.32. The van der Waals surface area contributed by atoms with Gasteiger partial charge in [-0.15, -0.1) is 0 Å². The molecule has 0 unspecified atom stereocenters. The highest BCUT2D eigenvalue weighted by Gasteiger charge is 2.04. The Balaban J connectivity index is 2.54. The summed E-state index contributed by atoms with van der Waals surface area (Å²) in [5, 5.41) is 0. The van der Waals surface area contributed by atoms with Gasteiger partial charge in [0.15, 0.2) is 0 Å². The molecule has 3 heteroatoms. The molecule has 0 aromatic carbocycles. The smallest absolute Gasteiger partial charge is 0.131 e. The van der Waals surface area contributed by atoms with E-state index in [9.17, 15) is 0 Å². The summed E-state index contributed by atoms with van der Waals surface area (Å²) < 4.78 is 5.01. The summed E-state index contributed by atoms with van der Waals surface area (Å²) in [7, 11) is 0. The van der Waals surface area contributed by atoms with Crippen LogP contribution < -0.4 is 0 Å². The Kier molecular flexibility index (Phi) is 1.13. The molecule has 50 valence electrons. The van der Waals surface area contributed by atoms with Crippen molar-refractivity contribution in [3.05, 3.63) is 30.0 Å². The molecule has 0 amide bonds. The van der Waals surface area contributed by atoms with Gasteiger partial charge in [-0.1, -0.05) is 0 Å². The third kappa shape index (κ3) is 0.757. The molecule has 2 heterocycles. The van der Waals surface area contributed by atoms with Gasteiger partial charge in [0.1, 0.15) is 12.3 Å². The van der Waals surface area contributed by atoms with Crippen LogP contribution in [-0.4, -0.2) is 9.97 Å². The molecule has 1 aromatic rings. The number of aromatic nitrogens is 2. The van der Waals surface area contributed by atoms with E-state index < -0.39 is 0 Å². The fraction of sp³-hybridized carbons (Fsp3) is 0.143. The molecule has 10 heavy (non-hydrogen) atoms. The molecule has 0 aliphatic carbocycles. The molecule has 0 spiro atoms. The van der Waals surface area contributed by atoms with Crippen LogP contribution in [0.5, 0.6) is 0 Å². The second kappa shape index (κ2) is 2.10. The van der Waals surface area contributed by atoms with Gasteiger partial charge in [0.05, 0.1) is 12.0 Å². The van der Waals surface area contributed by atoms with E-state index in [0.717, 1.165) is 11.4 Å². The molecular weight excluding hydrogens is 128 g/mol. The average Bonchev–Trinajstić information content (AvgIpc) is 2.05. The Hall–Kier alpha value is -1.38. The van der Waals surface area contributed by atoms with Crippen molar-refractivity contribution in [3.8, 4) is 0 Å². The minimum Gasteiger partial charge on any atom is -0.495 e. The lowest BCUT2D eigenvalue weighted by Crippen LogP contribution is -2.00. The number of hydrogen-bond acceptors (Lipinski definition) is 3. The van der Waals surface area contributed by atoms with Gasteiger partial charge in [-0.05, 0) is 0 Å². The van der Waals surface area contributed by atoms with E-state index in [4.69, 9.17) is 4.74 Å². The highest BCUT2D eigenvalue weighted by Crippen LogP contribution is 2.10. The Morgan fingerprint density at radius 2 is 2.20 bits per heavy atom. The summed E-state index contributed by atoms with van der Waals surface area (Å²) in [4.78, 5) is 8.17. The molecule has 0 fully saturated rings. The maximum absolute atomic E-state index is 5.01. The normalized spacial score (nSPS) is 14.0. The molecule has 0 radical (unpaired) electrons. The number of fused-ring (bicyclic) bond motifs is 1. The molecular formula is C7H6N2O. The third-order valence-electron chi connectivity index (χ3n) is 1.35. The van der Waals surface area contributed by atoms with Gasteiger partial charge in [-0.3, -0.25) is 9.97 Å². The quantitative estimate of drug-likeness (QED) is 0.530. The Bertz CT molecular complexity index is 270. The van der Waals surface area contributed by atoms with E-state index in [-0.39, 0.29) is 0 Å². The lowest BCUT2D eigenvalue weighted by Gasteiger charge is -2.07. The first-order valence-electron chi connectivity index (χ1n) is 3.05. The first-order chi connectivity index (χ1) is 4.97. The van der Waals surface area contributed by atoms with Crippen LogP contribution >= 0.6 is 0 Å². The second-order valence-corrected chi connectivity index (χ2v) is 2.00. The number of hydrogen-bond donors (Lipinski definition) is 0. The molecule has 0 bridgehead atoms. The first-order valence-corrected chi connectivity index (χ1v) is 3.05. The average molecular weight is 134 g/mol. The molecule has 1 aliphatic heterocycles. The minimum atomic E-state index is 0.541. The fourth-order valence-corrected chi connectivity index (χ4v) is 0.868. The van der Waals surface area contributed by atoms with Gasteiger partial charge in [-0.2, -0.15) is 0 Å². The summed E-state index contributed by atoms with van der Waals surface area (Å²) in [6.45, 7) is 0.541. The van der Waals surface area contributed by atoms with Crippen molar-refractivity contribution >= 4 is 6.08 Å². The van der Waals surface area contributed by atoms with E-state index in [2.05, 4.69) is 9.97 Å². The van der Waals surface area contributed by atoms with Crippen LogP contribution in [0.2, 0.25) is 0 Å². The summed E-state index contributed by atoms with van der Waals surface area (Å²) in [6.07, 6.45) is 6.79. The van der Waals surface area contributed by atoms with Gasteiger partial charge in [0.2, 0.25) is 0 Å². The Morgan fingerprint density at radius 3 is 3.10 bits per heavy atom. The summed E-state index contributed by atoms with van der Waals surface area (Å²) in [5.41, 5.74) is 1.82. The molecule has 3 nitrogen and oxygen atoms in total. The van der Waals surface area contributed by atoms with E-state index >= 15 is 0 Å². The summed E-state index contributed by atoms with van der Waals surface area (Å²) >= 11 is 0. The van der Waals surface area contributed by atoms with Crippen molar-refractivity contribution in [3.63, 3.8) is 0 Å². The van der Waals surface area contributed by atoms with Crippen molar-refractivity contribution in [2.45, 2.75) is 6.61 Å². The zero-order valence-corrected chi connectivity index (χ0v) is 5.32. The van der Waals surface area contributed by atoms with E-state index in [0.29, 0.717) is 6.61 Å². The SMILES string of the molecule is C1=Cc2nccnc2CO1. The van der Waals surface area contributed by atoms with Crippen molar-refractivity contribution in [2.24, 2.45) is 0 Å². The zero-order chi connectivity index (χ0) is 6.81. The largest absolute Gasteiger partial charge is 0.495 e. The van der Waals surface area contributed by atoms with Gasteiger partial charge in [0.25, 0.3) is 0 Å². The minimum absolute atomic E-state index is 0.541. The summed E-state index contributed by atoms with van der Waals surface area (Å²) in [5.74, 6) is 0. The number of nitrogens with zero attached hydrogens (tertiary/aromatic N) is 2. The lowest BCUT2D eigenvalue weighted by molar-refractivity contribution is 0.229. The molecule has 0 saturated heterocycles. The molecule has 2 rings (SSSR count). The Labute approximate surface area is 58.4 Å². The van der Waals surface area contributed by atoms with E-state index in [1.54, 1.807) is 18.7 Å². The molecule has 0 N–H and O–H groups in total. The fourth-order valence-electron chi connectivity index (χ4n) is 0.868. The standard InChI is InChI=1S/C7H6N2O/c1-4-10-5-7-6(1)8-2-3-9-7/h1-4H,5H2. The second-order valence-electron chi connectivity index (χ2n) is 2.00. The van der Waals surface area contributed by atoms with Crippen LogP contribution in [0.15, 0.2) is 18.7 Å². The van der Waals surface area contributed by atoms with E-state index in [1.807, 2.05) is 6.08 Å². The van der Waals surface area contributed by atoms with Gasteiger partial charge in [-0.25, -0.2) is 0 Å². The molecule has 1 aliphatic rings. The predicted octanol–water partition coefficient (Wildman–Crippen LogP) is 0.978. The van der Waals surface area contributed by atoms with Crippen LogP contribution in [0.1, 0.15) is 11.4 Å². The van der Waals surface area contributed by atoms with Crippen molar-refractivity contribution < 1.29 is 4.74 Å². The molecule has 0 saturated carbocycles. The van der Waals surface area contributed by atoms with Crippen LogP contribution in [0, 0.1) is 0 Å². The topological polar surface area (TPSA) is 35.0 Å². The number of ether oxygens (including phenoxy) is 1. The van der Waals surface area contributed by atoms with Crippen molar-refractivity contribution in [1.29, 1.82) is 0 Å². The maximum atomic E-state index is 5.01. The van der Waals surface area contributed by atoms with Crippen LogP contribution in [0.3, 0.4) is 0 Å². The molecule has 1 aromatic heterocycles. The van der Waals surface area contributed by atoms with Gasteiger partial charge in [0, 0.05) is 18.5 Å². The van der Waals surface area contributed by atoms with E-state index in [1.165, 1.54) is 0 Å². The highest BCUT2D eigenvalue weighted by atomic mass is 16.5. The highest BCUT2D eigenvalue weighted by molar-refractivity contribution is 5.46. The molecule has 0 atom stereocenters. The van der Waals surface area contributed by atoms with Crippen LogP contribution in [-0.2, 0) is 11.3 Å². The van der Waals surface area contributed by atoms with Crippen molar-refractivity contribution in [2.75, 3.05) is 0 Å². The van der Waals surface area contributed by atoms with Gasteiger partial charge < -0.3 is 4.74 Å². The third-order valence-corrected chi connectivity index (χ3v) is 1.35. The van der Waals surface area contributed by atoms with Crippen molar-refractivity contribution in [1.82, 2.24) is 9.97 Å². The maximum Gasteiger partial charge on any atom is 0.131 e. The van der Waals surface area contributed by atoms with Gasteiger partial charge >= 0.3 is 0 Å². The van der Waals surface area contributed by atoms with Crippen LogP contribution in [0.25, 0.3) is 6.08 Å². The predicted molar refractivity (Wildman–Crippen MR) is 35.9 cm³/mol. The Morgan fingerprint density at radius 1 is 1.30 bits per heavy atom.